The quantitative estimate of drug-likeness (QED) is 0.833. The highest BCUT2D eigenvalue weighted by Crippen LogP contribution is 2.09. The summed E-state index contributed by atoms with van der Waals surface area (Å²) >= 11 is 0. The first-order chi connectivity index (χ1) is 8.81. The minimum atomic E-state index is -0.476. The molecule has 0 atom stereocenters. The maximum absolute atomic E-state index is 11.8. The monoisotopic (exact) mass is 243 g/mol. The second-order valence-corrected chi connectivity index (χ2v) is 3.72. The molecule has 0 unspecified atom stereocenters. The van der Waals surface area contributed by atoms with Gasteiger partial charge in [-0.05, 0) is 17.7 Å². The van der Waals surface area contributed by atoms with Crippen LogP contribution in [0.25, 0.3) is 0 Å². The van der Waals surface area contributed by atoms with Gasteiger partial charge in [0.2, 0.25) is 0 Å². The fraction of sp³-hybridized carbons (Fsp3) is 0.143. The molecule has 92 valence electrons. The van der Waals surface area contributed by atoms with Crippen molar-refractivity contribution in [2.24, 2.45) is 0 Å². The third kappa shape index (κ3) is 2.93. The van der Waals surface area contributed by atoms with E-state index < -0.39 is 5.97 Å². The molecule has 0 saturated carbocycles. The molecule has 0 fully saturated rings. The maximum Gasteiger partial charge on any atom is 0.340 e. The van der Waals surface area contributed by atoms with E-state index in [1.165, 1.54) is 6.20 Å². The van der Waals surface area contributed by atoms with Crippen molar-refractivity contribution >= 4 is 5.97 Å². The van der Waals surface area contributed by atoms with Crippen molar-refractivity contribution in [2.75, 3.05) is 0 Å². The Morgan fingerprint density at radius 1 is 1.17 bits per heavy atom. The molecule has 0 aliphatic heterocycles. The zero-order chi connectivity index (χ0) is 12.8. The van der Waals surface area contributed by atoms with Crippen LogP contribution in [-0.4, -0.2) is 16.1 Å². The number of carbonyl (C=O) groups is 1. The van der Waals surface area contributed by atoms with Crippen LogP contribution < -0.4 is 0 Å². The van der Waals surface area contributed by atoms with E-state index in [-0.39, 0.29) is 13.2 Å². The lowest BCUT2D eigenvalue weighted by Gasteiger charge is -2.07. The van der Waals surface area contributed by atoms with Crippen molar-refractivity contribution in [3.05, 3.63) is 65.5 Å². The number of aliphatic hydroxyl groups is 1. The van der Waals surface area contributed by atoms with Crippen LogP contribution in [0.2, 0.25) is 0 Å². The van der Waals surface area contributed by atoms with Gasteiger partial charge in [0.15, 0.2) is 0 Å². The molecule has 0 aliphatic rings. The van der Waals surface area contributed by atoms with Crippen molar-refractivity contribution in [1.29, 1.82) is 0 Å². The molecule has 0 aliphatic carbocycles. The number of aliphatic hydroxyl groups excluding tert-OH is 1. The topological polar surface area (TPSA) is 59.4 Å². The van der Waals surface area contributed by atoms with E-state index in [4.69, 9.17) is 9.84 Å². The van der Waals surface area contributed by atoms with E-state index in [2.05, 4.69) is 4.98 Å². The lowest BCUT2D eigenvalue weighted by Crippen LogP contribution is -2.09. The van der Waals surface area contributed by atoms with Gasteiger partial charge in [0.05, 0.1) is 17.9 Å². The summed E-state index contributed by atoms with van der Waals surface area (Å²) in [7, 11) is 0. The lowest BCUT2D eigenvalue weighted by molar-refractivity contribution is 0.0468. The molecule has 0 bridgehead atoms. The summed E-state index contributed by atoms with van der Waals surface area (Å²) in [5.74, 6) is -0.476. The summed E-state index contributed by atoms with van der Waals surface area (Å²) in [6, 6.07) is 12.6. The Balaban J connectivity index is 2.04. The van der Waals surface area contributed by atoms with Gasteiger partial charge in [-0.1, -0.05) is 30.3 Å². The Morgan fingerprint density at radius 3 is 2.67 bits per heavy atom. The Labute approximate surface area is 105 Å². The van der Waals surface area contributed by atoms with Crippen LogP contribution in [-0.2, 0) is 18.0 Å². The predicted molar refractivity (Wildman–Crippen MR) is 65.7 cm³/mol. The molecule has 4 heteroatoms. The van der Waals surface area contributed by atoms with Crippen molar-refractivity contribution in [3.63, 3.8) is 0 Å². The van der Waals surface area contributed by atoms with Crippen LogP contribution in [0.5, 0.6) is 0 Å². The molecular formula is C14H13NO3. The summed E-state index contributed by atoms with van der Waals surface area (Å²) in [6.45, 7) is -0.0734. The van der Waals surface area contributed by atoms with Gasteiger partial charge < -0.3 is 9.84 Å². The average Bonchev–Trinajstić information content (AvgIpc) is 2.45. The molecule has 1 heterocycles. The van der Waals surface area contributed by atoms with Gasteiger partial charge in [-0.2, -0.15) is 0 Å². The number of hydrogen-bond acceptors (Lipinski definition) is 4. The number of aromatic nitrogens is 1. The second kappa shape index (κ2) is 5.93. The fourth-order valence-electron chi connectivity index (χ4n) is 1.55. The zero-order valence-corrected chi connectivity index (χ0v) is 9.74. The number of ether oxygens (including phenoxy) is 1. The van der Waals surface area contributed by atoms with E-state index in [1.54, 1.807) is 12.1 Å². The maximum atomic E-state index is 11.8. The molecular weight excluding hydrogens is 230 g/mol. The summed E-state index contributed by atoms with van der Waals surface area (Å²) in [4.78, 5) is 15.7. The number of nitrogens with zero attached hydrogens (tertiary/aromatic N) is 1. The highest BCUT2D eigenvalue weighted by Gasteiger charge is 2.12. The molecule has 0 saturated heterocycles. The van der Waals surface area contributed by atoms with Gasteiger partial charge in [0, 0.05) is 6.20 Å². The summed E-state index contributed by atoms with van der Waals surface area (Å²) < 4.78 is 5.17. The highest BCUT2D eigenvalue weighted by molar-refractivity contribution is 5.90. The molecule has 4 nitrogen and oxygen atoms in total. The van der Waals surface area contributed by atoms with Crippen LogP contribution in [0.1, 0.15) is 21.6 Å². The van der Waals surface area contributed by atoms with E-state index in [0.717, 1.165) is 5.56 Å². The summed E-state index contributed by atoms with van der Waals surface area (Å²) in [5, 5.41) is 9.08. The minimum absolute atomic E-state index is 0.208. The Kier molecular flexibility index (Phi) is 4.04. The Bertz CT molecular complexity index is 526. The van der Waals surface area contributed by atoms with E-state index in [0.29, 0.717) is 11.3 Å². The van der Waals surface area contributed by atoms with Crippen molar-refractivity contribution in [1.82, 2.24) is 4.98 Å². The van der Waals surface area contributed by atoms with Crippen LogP contribution in [0, 0.1) is 0 Å². The second-order valence-electron chi connectivity index (χ2n) is 3.72. The Morgan fingerprint density at radius 2 is 1.94 bits per heavy atom. The van der Waals surface area contributed by atoms with Gasteiger partial charge >= 0.3 is 5.97 Å². The molecule has 1 aromatic carbocycles. The van der Waals surface area contributed by atoms with Crippen LogP contribution in [0.15, 0.2) is 48.7 Å². The van der Waals surface area contributed by atoms with Crippen molar-refractivity contribution in [2.45, 2.75) is 13.2 Å². The van der Waals surface area contributed by atoms with E-state index >= 15 is 0 Å². The molecule has 2 rings (SSSR count). The van der Waals surface area contributed by atoms with Gasteiger partial charge in [-0.3, -0.25) is 4.98 Å². The SMILES string of the molecule is O=C(OCc1ccccc1)c1cccnc1CO. The molecule has 0 spiro atoms. The first-order valence-electron chi connectivity index (χ1n) is 5.57. The van der Waals surface area contributed by atoms with Crippen molar-refractivity contribution in [3.8, 4) is 0 Å². The number of pyridine rings is 1. The van der Waals surface area contributed by atoms with E-state index in [9.17, 15) is 4.79 Å². The fourth-order valence-corrected chi connectivity index (χ4v) is 1.55. The third-order valence-electron chi connectivity index (χ3n) is 2.47. The molecule has 0 amide bonds. The lowest BCUT2D eigenvalue weighted by atomic mass is 10.2. The van der Waals surface area contributed by atoms with Crippen molar-refractivity contribution < 1.29 is 14.6 Å². The summed E-state index contributed by atoms with van der Waals surface area (Å²) in [6.07, 6.45) is 1.53. The van der Waals surface area contributed by atoms with Gasteiger partial charge in [0.25, 0.3) is 0 Å². The first kappa shape index (κ1) is 12.3. The molecule has 0 radical (unpaired) electrons. The average molecular weight is 243 g/mol. The normalized spacial score (nSPS) is 10.1. The number of carbonyl (C=O) groups excluding carboxylic acids is 1. The Hall–Kier alpha value is -2.20. The standard InChI is InChI=1S/C14H13NO3/c16-9-13-12(7-4-8-15-13)14(17)18-10-11-5-2-1-3-6-11/h1-8,16H,9-10H2. The molecule has 1 aromatic heterocycles. The van der Waals surface area contributed by atoms with Gasteiger partial charge in [-0.25, -0.2) is 4.79 Å². The highest BCUT2D eigenvalue weighted by atomic mass is 16.5. The smallest absolute Gasteiger partial charge is 0.340 e. The van der Waals surface area contributed by atoms with Crippen LogP contribution in [0.4, 0.5) is 0 Å². The minimum Gasteiger partial charge on any atom is -0.457 e. The number of hydrogen-bond donors (Lipinski definition) is 1. The van der Waals surface area contributed by atoms with Crippen LogP contribution >= 0.6 is 0 Å². The number of benzene rings is 1. The first-order valence-corrected chi connectivity index (χ1v) is 5.57. The molecule has 18 heavy (non-hydrogen) atoms. The van der Waals surface area contributed by atoms with Gasteiger partial charge in [0.1, 0.15) is 6.61 Å². The summed E-state index contributed by atoms with van der Waals surface area (Å²) in [5.41, 5.74) is 1.55. The molecule has 1 N–H and O–H groups in total. The largest absolute Gasteiger partial charge is 0.457 e. The number of rotatable bonds is 4. The molecule has 2 aromatic rings. The van der Waals surface area contributed by atoms with Gasteiger partial charge in [-0.15, -0.1) is 0 Å². The number of esters is 1. The predicted octanol–water partition coefficient (Wildman–Crippen LogP) is 1.93. The third-order valence-corrected chi connectivity index (χ3v) is 2.47. The zero-order valence-electron chi connectivity index (χ0n) is 9.74. The van der Waals surface area contributed by atoms with Crippen LogP contribution in [0.3, 0.4) is 0 Å². The van der Waals surface area contributed by atoms with E-state index in [1.807, 2.05) is 30.3 Å².